The van der Waals surface area contributed by atoms with E-state index in [2.05, 4.69) is 25.8 Å². The molecule has 0 aliphatic heterocycles. The maximum Gasteiger partial charge on any atom is 0.213 e. The minimum absolute atomic E-state index is 0.299. The summed E-state index contributed by atoms with van der Waals surface area (Å²) in [7, 11) is 0. The highest BCUT2D eigenvalue weighted by Crippen LogP contribution is 2.18. The van der Waals surface area contributed by atoms with E-state index in [-0.39, 0.29) is 0 Å². The zero-order chi connectivity index (χ0) is 10.6. The Hall–Kier alpha value is -1.25. The minimum atomic E-state index is 0.299. The molecule has 1 aromatic rings. The molecular formula is C11H18N2O. The maximum absolute atomic E-state index is 5.51. The fourth-order valence-corrected chi connectivity index (χ4v) is 0.939. The molecule has 0 aliphatic rings. The molecule has 0 fully saturated rings. The molecule has 1 aromatic heterocycles. The van der Waals surface area contributed by atoms with Gasteiger partial charge in [0.05, 0.1) is 18.5 Å². The third-order valence-electron chi connectivity index (χ3n) is 1.86. The molecule has 78 valence electrons. The third-order valence-corrected chi connectivity index (χ3v) is 1.86. The molecule has 0 saturated carbocycles. The predicted octanol–water partition coefficient (Wildman–Crippen LogP) is 2.48. The lowest BCUT2D eigenvalue weighted by molar-refractivity contribution is 0.236. The summed E-state index contributed by atoms with van der Waals surface area (Å²) in [6.45, 7) is 7.26. The van der Waals surface area contributed by atoms with Crippen LogP contribution in [0.5, 0.6) is 5.88 Å². The van der Waals surface area contributed by atoms with E-state index in [9.17, 15) is 0 Å². The Bertz CT molecular complexity index is 274. The molecule has 0 atom stereocenters. The van der Waals surface area contributed by atoms with E-state index in [0.717, 1.165) is 6.42 Å². The van der Waals surface area contributed by atoms with Gasteiger partial charge in [-0.1, -0.05) is 20.8 Å². The van der Waals surface area contributed by atoms with E-state index in [0.29, 0.717) is 23.6 Å². The first kappa shape index (κ1) is 10.8. The zero-order valence-electron chi connectivity index (χ0n) is 9.08. The van der Waals surface area contributed by atoms with E-state index in [1.54, 1.807) is 18.3 Å². The molecule has 0 aromatic carbocycles. The van der Waals surface area contributed by atoms with Crippen LogP contribution in [0.3, 0.4) is 0 Å². The van der Waals surface area contributed by atoms with Crippen LogP contribution in [0.15, 0.2) is 18.3 Å². The second-order valence-electron chi connectivity index (χ2n) is 4.59. The number of nitrogens with two attached hydrogens (primary N) is 1. The van der Waals surface area contributed by atoms with Crippen molar-refractivity contribution in [2.24, 2.45) is 5.41 Å². The summed E-state index contributed by atoms with van der Waals surface area (Å²) in [5.74, 6) is 0.642. The predicted molar refractivity (Wildman–Crippen MR) is 58.2 cm³/mol. The third kappa shape index (κ3) is 4.12. The number of nitrogens with zero attached hydrogens (tertiary/aromatic N) is 1. The number of aromatic nitrogens is 1. The Morgan fingerprint density at radius 1 is 1.36 bits per heavy atom. The lowest BCUT2D eigenvalue weighted by Gasteiger charge is -2.17. The Balaban J connectivity index is 2.35. The number of anilines is 1. The maximum atomic E-state index is 5.51. The number of hydrogen-bond donors (Lipinski definition) is 1. The standard InChI is InChI=1S/C11H18N2O/c1-11(2,3)6-7-14-10-5-4-9(12)8-13-10/h4-5,8H,6-7,12H2,1-3H3. The quantitative estimate of drug-likeness (QED) is 0.804. The van der Waals surface area contributed by atoms with E-state index >= 15 is 0 Å². The first-order chi connectivity index (χ1) is 6.47. The van der Waals surface area contributed by atoms with Crippen molar-refractivity contribution in [3.63, 3.8) is 0 Å². The number of ether oxygens (including phenoxy) is 1. The van der Waals surface area contributed by atoms with Crippen molar-refractivity contribution in [3.05, 3.63) is 18.3 Å². The fourth-order valence-electron chi connectivity index (χ4n) is 0.939. The van der Waals surface area contributed by atoms with Crippen molar-refractivity contribution in [1.29, 1.82) is 0 Å². The van der Waals surface area contributed by atoms with Gasteiger partial charge in [0, 0.05) is 6.07 Å². The van der Waals surface area contributed by atoms with Crippen molar-refractivity contribution >= 4 is 5.69 Å². The van der Waals surface area contributed by atoms with E-state index < -0.39 is 0 Å². The van der Waals surface area contributed by atoms with Gasteiger partial charge in [-0.15, -0.1) is 0 Å². The smallest absolute Gasteiger partial charge is 0.213 e. The van der Waals surface area contributed by atoms with E-state index in [1.165, 1.54) is 0 Å². The summed E-state index contributed by atoms with van der Waals surface area (Å²) in [5, 5.41) is 0. The first-order valence-corrected chi connectivity index (χ1v) is 4.82. The largest absolute Gasteiger partial charge is 0.478 e. The molecule has 0 saturated heterocycles. The Morgan fingerprint density at radius 3 is 2.57 bits per heavy atom. The summed E-state index contributed by atoms with van der Waals surface area (Å²) < 4.78 is 5.47. The van der Waals surface area contributed by atoms with Gasteiger partial charge in [-0.05, 0) is 17.9 Å². The normalized spacial score (nSPS) is 11.4. The van der Waals surface area contributed by atoms with Crippen LogP contribution in [0.25, 0.3) is 0 Å². The van der Waals surface area contributed by atoms with Crippen molar-refractivity contribution < 1.29 is 4.74 Å². The molecule has 0 amide bonds. The van der Waals surface area contributed by atoms with E-state index in [4.69, 9.17) is 10.5 Å². The van der Waals surface area contributed by atoms with Crippen LogP contribution in [-0.2, 0) is 0 Å². The lowest BCUT2D eigenvalue weighted by Crippen LogP contribution is -2.11. The molecule has 2 N–H and O–H groups in total. The average Bonchev–Trinajstić information content (AvgIpc) is 2.06. The van der Waals surface area contributed by atoms with E-state index in [1.807, 2.05) is 0 Å². The summed E-state index contributed by atoms with van der Waals surface area (Å²) in [5.41, 5.74) is 6.47. The molecule has 0 bridgehead atoms. The van der Waals surface area contributed by atoms with Crippen LogP contribution in [-0.4, -0.2) is 11.6 Å². The lowest BCUT2D eigenvalue weighted by atomic mass is 9.93. The van der Waals surface area contributed by atoms with Crippen LogP contribution in [0.4, 0.5) is 5.69 Å². The summed E-state index contributed by atoms with van der Waals surface area (Å²) in [6, 6.07) is 3.58. The van der Waals surface area contributed by atoms with Gasteiger partial charge < -0.3 is 10.5 Å². The molecule has 3 heteroatoms. The van der Waals surface area contributed by atoms with Crippen LogP contribution in [0.2, 0.25) is 0 Å². The summed E-state index contributed by atoms with van der Waals surface area (Å²) >= 11 is 0. The number of pyridine rings is 1. The molecule has 14 heavy (non-hydrogen) atoms. The van der Waals surface area contributed by atoms with Gasteiger partial charge in [-0.2, -0.15) is 0 Å². The van der Waals surface area contributed by atoms with Crippen LogP contribution >= 0.6 is 0 Å². The number of nitrogen functional groups attached to an aromatic ring is 1. The van der Waals surface area contributed by atoms with Crippen molar-refractivity contribution in [2.75, 3.05) is 12.3 Å². The first-order valence-electron chi connectivity index (χ1n) is 4.82. The molecule has 1 heterocycles. The van der Waals surface area contributed by atoms with Gasteiger partial charge in [0.15, 0.2) is 0 Å². The fraction of sp³-hybridized carbons (Fsp3) is 0.545. The van der Waals surface area contributed by atoms with Crippen LogP contribution in [0, 0.1) is 5.41 Å². The molecular weight excluding hydrogens is 176 g/mol. The second kappa shape index (κ2) is 4.31. The Morgan fingerprint density at radius 2 is 2.07 bits per heavy atom. The van der Waals surface area contributed by atoms with Crippen LogP contribution in [0.1, 0.15) is 27.2 Å². The highest BCUT2D eigenvalue weighted by atomic mass is 16.5. The van der Waals surface area contributed by atoms with Crippen molar-refractivity contribution in [2.45, 2.75) is 27.2 Å². The second-order valence-corrected chi connectivity index (χ2v) is 4.59. The monoisotopic (exact) mass is 194 g/mol. The number of rotatable bonds is 3. The van der Waals surface area contributed by atoms with Crippen LogP contribution < -0.4 is 10.5 Å². The molecule has 0 unspecified atom stereocenters. The number of hydrogen-bond acceptors (Lipinski definition) is 3. The topological polar surface area (TPSA) is 48.1 Å². The van der Waals surface area contributed by atoms with Gasteiger partial charge in [-0.3, -0.25) is 0 Å². The zero-order valence-corrected chi connectivity index (χ0v) is 9.08. The van der Waals surface area contributed by atoms with Gasteiger partial charge in [0.25, 0.3) is 0 Å². The van der Waals surface area contributed by atoms with Gasteiger partial charge >= 0.3 is 0 Å². The molecule has 0 spiro atoms. The Kier molecular flexibility index (Phi) is 3.33. The molecule has 1 rings (SSSR count). The highest BCUT2D eigenvalue weighted by Gasteiger charge is 2.09. The summed E-state index contributed by atoms with van der Waals surface area (Å²) in [6.07, 6.45) is 2.62. The van der Waals surface area contributed by atoms with Gasteiger partial charge in [0.1, 0.15) is 0 Å². The molecule has 3 nitrogen and oxygen atoms in total. The SMILES string of the molecule is CC(C)(C)CCOc1ccc(N)cn1. The minimum Gasteiger partial charge on any atom is -0.478 e. The van der Waals surface area contributed by atoms with Gasteiger partial charge in [0.2, 0.25) is 5.88 Å². The highest BCUT2D eigenvalue weighted by molar-refractivity contribution is 5.35. The molecule has 0 aliphatic carbocycles. The van der Waals surface area contributed by atoms with Gasteiger partial charge in [-0.25, -0.2) is 4.98 Å². The average molecular weight is 194 g/mol. The summed E-state index contributed by atoms with van der Waals surface area (Å²) in [4.78, 5) is 4.05. The van der Waals surface area contributed by atoms with Crippen molar-refractivity contribution in [3.8, 4) is 5.88 Å². The van der Waals surface area contributed by atoms with Crippen molar-refractivity contribution in [1.82, 2.24) is 4.98 Å². The Labute approximate surface area is 85.3 Å². The molecule has 0 radical (unpaired) electrons.